The van der Waals surface area contributed by atoms with E-state index in [1.165, 1.54) is 0 Å². The lowest BCUT2D eigenvalue weighted by molar-refractivity contribution is -0.122. The van der Waals surface area contributed by atoms with Gasteiger partial charge in [0.05, 0.1) is 20.1 Å². The minimum Gasteiger partial charge on any atom is -0.356 e. The van der Waals surface area contributed by atoms with Crippen molar-refractivity contribution in [2.45, 2.75) is 44.1 Å². The van der Waals surface area contributed by atoms with Crippen LogP contribution >= 0.6 is 46.4 Å². The van der Waals surface area contributed by atoms with Crippen LogP contribution in [0.5, 0.6) is 0 Å². The van der Waals surface area contributed by atoms with E-state index in [1.54, 1.807) is 24.3 Å². The highest BCUT2D eigenvalue weighted by molar-refractivity contribution is 6.42. The molecule has 1 heterocycles. The molecule has 0 spiro atoms. The molecule has 3 atom stereocenters. The molecule has 1 aliphatic heterocycles. The van der Waals surface area contributed by atoms with Gasteiger partial charge in [0, 0.05) is 37.3 Å². The van der Waals surface area contributed by atoms with E-state index < -0.39 is 0 Å². The molecule has 6 nitrogen and oxygen atoms in total. The van der Waals surface area contributed by atoms with Gasteiger partial charge in [0.2, 0.25) is 5.91 Å². The average molecular weight is 572 g/mol. The lowest BCUT2D eigenvalue weighted by Crippen LogP contribution is -2.39. The standard InChI is InChI=1S/C26H30Cl4N4O2/c27-21-6-4-16(12-23(21)29)19-14-20(19)25(35)31-9-2-1-3-10-34-11-8-18(15-34)33-26(36)32-17-5-7-22(28)24(30)13-17/h4-7,12-13,18-20H,1-3,8-11,14-15H2,(H,31,35)(H2,32,33,36)/t18-,19?,20?/m0/s1. The average Bonchev–Trinajstić information content (AvgIpc) is 3.53. The Labute approximate surface area is 232 Å². The number of anilines is 1. The van der Waals surface area contributed by atoms with Gasteiger partial charge in [-0.05, 0) is 74.0 Å². The van der Waals surface area contributed by atoms with Crippen molar-refractivity contribution in [2.24, 2.45) is 5.92 Å². The number of benzene rings is 2. The van der Waals surface area contributed by atoms with E-state index in [2.05, 4.69) is 20.9 Å². The molecule has 2 aliphatic rings. The molecule has 1 saturated carbocycles. The maximum absolute atomic E-state index is 12.4. The molecule has 0 bridgehead atoms. The van der Waals surface area contributed by atoms with Gasteiger partial charge in [0.15, 0.2) is 0 Å². The number of hydrogen-bond acceptors (Lipinski definition) is 3. The molecule has 194 valence electrons. The third kappa shape index (κ3) is 7.65. The van der Waals surface area contributed by atoms with E-state index >= 15 is 0 Å². The molecular formula is C26H30Cl4N4O2. The van der Waals surface area contributed by atoms with Crippen molar-refractivity contribution in [2.75, 3.05) is 31.5 Å². The Kier molecular flexibility index (Phi) is 9.65. The summed E-state index contributed by atoms with van der Waals surface area (Å²) in [6.45, 7) is 3.49. The number of carbonyl (C=O) groups is 2. The van der Waals surface area contributed by atoms with E-state index in [-0.39, 0.29) is 29.8 Å². The van der Waals surface area contributed by atoms with Gasteiger partial charge in [-0.3, -0.25) is 4.79 Å². The van der Waals surface area contributed by atoms with Crippen molar-refractivity contribution in [1.29, 1.82) is 0 Å². The Morgan fingerprint density at radius 2 is 1.67 bits per heavy atom. The first kappa shape index (κ1) is 27.3. The molecule has 1 aliphatic carbocycles. The number of likely N-dealkylation sites (tertiary alicyclic amines) is 1. The minimum absolute atomic E-state index is 0.0325. The van der Waals surface area contributed by atoms with E-state index in [1.807, 2.05) is 12.1 Å². The highest BCUT2D eigenvalue weighted by Gasteiger charge is 2.43. The van der Waals surface area contributed by atoms with Crippen LogP contribution in [0.2, 0.25) is 20.1 Å². The van der Waals surface area contributed by atoms with E-state index in [4.69, 9.17) is 46.4 Å². The van der Waals surface area contributed by atoms with Crippen LogP contribution < -0.4 is 16.0 Å². The number of urea groups is 1. The van der Waals surface area contributed by atoms with Crippen LogP contribution in [0.1, 0.15) is 43.6 Å². The summed E-state index contributed by atoms with van der Waals surface area (Å²) in [5.41, 5.74) is 1.69. The zero-order valence-electron chi connectivity index (χ0n) is 19.8. The van der Waals surface area contributed by atoms with Crippen LogP contribution in [-0.2, 0) is 4.79 Å². The maximum atomic E-state index is 12.4. The van der Waals surface area contributed by atoms with Gasteiger partial charge in [-0.15, -0.1) is 0 Å². The number of hydrogen-bond donors (Lipinski definition) is 3. The van der Waals surface area contributed by atoms with Crippen molar-refractivity contribution in [3.8, 4) is 0 Å². The number of nitrogens with one attached hydrogen (secondary N) is 3. The fourth-order valence-corrected chi connectivity index (χ4v) is 5.26. The zero-order chi connectivity index (χ0) is 25.7. The Morgan fingerprint density at radius 1 is 0.917 bits per heavy atom. The van der Waals surface area contributed by atoms with Gasteiger partial charge in [0.25, 0.3) is 0 Å². The minimum atomic E-state index is -0.243. The fourth-order valence-electron chi connectivity index (χ4n) is 4.66. The summed E-state index contributed by atoms with van der Waals surface area (Å²) >= 11 is 24.0. The van der Waals surface area contributed by atoms with Crippen LogP contribution in [0.4, 0.5) is 10.5 Å². The number of halogens is 4. The first-order valence-corrected chi connectivity index (χ1v) is 13.8. The lowest BCUT2D eigenvalue weighted by atomic mass is 10.1. The summed E-state index contributed by atoms with van der Waals surface area (Å²) in [5.74, 6) is 0.395. The van der Waals surface area contributed by atoms with Crippen LogP contribution in [0.3, 0.4) is 0 Å². The normalized spacial score (nSPS) is 21.3. The summed E-state index contributed by atoms with van der Waals surface area (Å²) in [7, 11) is 0. The Hall–Kier alpha value is -1.70. The molecule has 4 rings (SSSR count). The first-order valence-electron chi connectivity index (χ1n) is 12.3. The largest absolute Gasteiger partial charge is 0.356 e. The van der Waals surface area contributed by atoms with Gasteiger partial charge in [-0.2, -0.15) is 0 Å². The van der Waals surface area contributed by atoms with Gasteiger partial charge in [-0.25, -0.2) is 4.79 Å². The van der Waals surface area contributed by atoms with Crippen LogP contribution in [0.25, 0.3) is 0 Å². The topological polar surface area (TPSA) is 73.5 Å². The molecule has 3 amide bonds. The van der Waals surface area contributed by atoms with Gasteiger partial charge < -0.3 is 20.9 Å². The van der Waals surface area contributed by atoms with Crippen molar-refractivity contribution in [3.05, 3.63) is 62.1 Å². The third-order valence-corrected chi connectivity index (χ3v) is 8.21. The molecule has 1 saturated heterocycles. The Morgan fingerprint density at radius 3 is 2.42 bits per heavy atom. The third-order valence-electron chi connectivity index (χ3n) is 6.73. The second-order valence-electron chi connectivity index (χ2n) is 9.49. The summed E-state index contributed by atoms with van der Waals surface area (Å²) in [4.78, 5) is 27.1. The van der Waals surface area contributed by atoms with Gasteiger partial charge >= 0.3 is 6.03 Å². The van der Waals surface area contributed by atoms with Crippen molar-refractivity contribution < 1.29 is 9.59 Å². The Balaban J connectivity index is 1.05. The summed E-state index contributed by atoms with van der Waals surface area (Å²) in [5, 5.41) is 10.8. The molecule has 0 aromatic heterocycles. The van der Waals surface area contributed by atoms with E-state index in [9.17, 15) is 9.59 Å². The monoisotopic (exact) mass is 570 g/mol. The number of carbonyl (C=O) groups excluding carboxylic acids is 2. The number of unbranched alkanes of at least 4 members (excludes halogenated alkanes) is 2. The van der Waals surface area contributed by atoms with Gasteiger partial charge in [-0.1, -0.05) is 58.9 Å². The summed E-state index contributed by atoms with van der Waals surface area (Å²) in [6.07, 6.45) is 4.85. The molecule has 2 fully saturated rings. The summed E-state index contributed by atoms with van der Waals surface area (Å²) in [6, 6.07) is 10.5. The molecule has 2 aromatic rings. The molecular weight excluding hydrogens is 542 g/mol. The second-order valence-corrected chi connectivity index (χ2v) is 11.1. The number of nitrogens with zero attached hydrogens (tertiary/aromatic N) is 1. The Bertz CT molecular complexity index is 1100. The van der Waals surface area contributed by atoms with Crippen molar-refractivity contribution in [1.82, 2.24) is 15.5 Å². The molecule has 10 heteroatoms. The lowest BCUT2D eigenvalue weighted by Gasteiger charge is -2.17. The molecule has 0 radical (unpaired) electrons. The van der Waals surface area contributed by atoms with Crippen molar-refractivity contribution >= 4 is 64.0 Å². The predicted molar refractivity (Wildman–Crippen MR) is 148 cm³/mol. The van der Waals surface area contributed by atoms with Crippen LogP contribution in [0.15, 0.2) is 36.4 Å². The van der Waals surface area contributed by atoms with Crippen LogP contribution in [-0.4, -0.2) is 49.1 Å². The molecule has 36 heavy (non-hydrogen) atoms. The van der Waals surface area contributed by atoms with Crippen LogP contribution in [0, 0.1) is 5.92 Å². The maximum Gasteiger partial charge on any atom is 0.319 e. The zero-order valence-corrected chi connectivity index (χ0v) is 22.9. The van der Waals surface area contributed by atoms with E-state index in [0.29, 0.717) is 32.3 Å². The fraction of sp³-hybridized carbons (Fsp3) is 0.462. The number of rotatable bonds is 10. The highest BCUT2D eigenvalue weighted by Crippen LogP contribution is 2.48. The molecule has 2 unspecified atom stereocenters. The van der Waals surface area contributed by atoms with Crippen molar-refractivity contribution in [3.63, 3.8) is 0 Å². The quantitative estimate of drug-likeness (QED) is 0.282. The highest BCUT2D eigenvalue weighted by atomic mass is 35.5. The second kappa shape index (κ2) is 12.7. The van der Waals surface area contributed by atoms with Gasteiger partial charge in [0.1, 0.15) is 0 Å². The first-order chi connectivity index (χ1) is 17.3. The molecule has 2 aromatic carbocycles. The SMILES string of the molecule is O=C(Nc1ccc(Cl)c(Cl)c1)N[C@H]1CCN(CCCCCNC(=O)C2CC2c2ccc(Cl)c(Cl)c2)C1. The summed E-state index contributed by atoms with van der Waals surface area (Å²) < 4.78 is 0. The predicted octanol–water partition coefficient (Wildman–Crippen LogP) is 6.59. The molecule has 3 N–H and O–H groups in total. The number of amides is 3. The van der Waals surface area contributed by atoms with E-state index in [0.717, 1.165) is 57.3 Å². The smallest absolute Gasteiger partial charge is 0.319 e.